The second-order valence-corrected chi connectivity index (χ2v) is 11.8. The molecule has 0 saturated carbocycles. The van der Waals surface area contributed by atoms with E-state index in [1.807, 2.05) is 36.4 Å². The first-order valence-electron chi connectivity index (χ1n) is 16.2. The Kier molecular flexibility index (Phi) is 11.9. The third kappa shape index (κ3) is 9.36. The van der Waals surface area contributed by atoms with Crippen LogP contribution >= 0.6 is 0 Å². The van der Waals surface area contributed by atoms with E-state index in [4.69, 9.17) is 22.4 Å². The number of anilines is 1. The van der Waals surface area contributed by atoms with Crippen molar-refractivity contribution in [3.05, 3.63) is 141 Å². The van der Waals surface area contributed by atoms with E-state index in [1.54, 1.807) is 80.1 Å². The number of rotatable bonds is 10. The van der Waals surface area contributed by atoms with E-state index in [0.717, 1.165) is 27.6 Å². The van der Waals surface area contributed by atoms with Crippen molar-refractivity contribution in [1.82, 2.24) is 15.4 Å². The Labute approximate surface area is 307 Å². The highest BCUT2D eigenvalue weighted by Crippen LogP contribution is 2.26. The molecule has 17 heteroatoms. The SMILES string of the molecule is C/C(=N\N=C(N)N)c1ccc(NC(=O)c2c[nH]c3ccccc23)cc1.C/C(=N\N=C(N)NO)c1ccc(CC(=O)c2cc3cccc([N+](=O)[O-])c3[nH]2)cc1. The summed E-state index contributed by atoms with van der Waals surface area (Å²) >= 11 is 0. The first-order chi connectivity index (χ1) is 25.9. The summed E-state index contributed by atoms with van der Waals surface area (Å²) in [6.07, 6.45) is 1.84. The number of nitro groups is 1. The summed E-state index contributed by atoms with van der Waals surface area (Å²) in [6.45, 7) is 3.53. The Morgan fingerprint density at radius 1 is 0.833 bits per heavy atom. The van der Waals surface area contributed by atoms with Gasteiger partial charge in [0.25, 0.3) is 11.6 Å². The normalized spacial score (nSPS) is 11.8. The average molecular weight is 729 g/mol. The summed E-state index contributed by atoms with van der Waals surface area (Å²) in [4.78, 5) is 41.7. The standard InChI is InChI=1S/C19H18N6O4.C18H18N6O/c1-11(22-23-19(20)24-27)13-7-5-12(6-8-13)9-17(26)15-10-14-3-2-4-16(25(28)29)18(14)21-15;1-11(23-24-18(19)20)12-6-8-13(9-7-12)22-17(25)15-10-21-16-5-3-2-4-14(15)16/h2-8,10,21,27H,9H2,1H3,(H3,20,23,24);2-10,21H,1H3,(H,22,25)(H4,19,20,24)/b22-11+;23-11+. The second-order valence-electron chi connectivity index (χ2n) is 11.8. The van der Waals surface area contributed by atoms with Crippen LogP contribution in [0.4, 0.5) is 11.4 Å². The van der Waals surface area contributed by atoms with Crippen LogP contribution in [0, 0.1) is 10.1 Å². The Hall–Kier alpha value is -7.66. The van der Waals surface area contributed by atoms with Crippen LogP contribution in [0.2, 0.25) is 0 Å². The highest BCUT2D eigenvalue weighted by atomic mass is 16.6. The van der Waals surface area contributed by atoms with Crippen LogP contribution in [0.5, 0.6) is 0 Å². The van der Waals surface area contributed by atoms with Gasteiger partial charge in [0.15, 0.2) is 5.78 Å². The van der Waals surface area contributed by atoms with Gasteiger partial charge in [0.1, 0.15) is 5.52 Å². The maximum absolute atomic E-state index is 12.6. The number of guanidine groups is 2. The van der Waals surface area contributed by atoms with Crippen molar-refractivity contribution in [1.29, 1.82) is 0 Å². The molecule has 2 heterocycles. The van der Waals surface area contributed by atoms with Gasteiger partial charge in [0, 0.05) is 40.7 Å². The van der Waals surface area contributed by atoms with Gasteiger partial charge in [-0.15, -0.1) is 10.2 Å². The Bertz CT molecular complexity index is 2440. The number of aromatic nitrogens is 2. The number of H-pyrrole nitrogens is 2. The number of non-ortho nitro benzene ring substituents is 1. The zero-order valence-corrected chi connectivity index (χ0v) is 29.1. The number of hydrogen-bond acceptors (Lipinski definition) is 9. The lowest BCUT2D eigenvalue weighted by molar-refractivity contribution is -0.383. The molecule has 0 saturated heterocycles. The summed E-state index contributed by atoms with van der Waals surface area (Å²) in [5.41, 5.74) is 23.9. The highest BCUT2D eigenvalue weighted by molar-refractivity contribution is 6.13. The minimum Gasteiger partial charge on any atom is -0.369 e. The van der Waals surface area contributed by atoms with Crippen molar-refractivity contribution in [2.45, 2.75) is 20.3 Å². The van der Waals surface area contributed by atoms with Crippen LogP contribution < -0.4 is 28.0 Å². The molecule has 0 atom stereocenters. The number of hydroxylamine groups is 1. The Balaban J connectivity index is 0.000000210. The van der Waals surface area contributed by atoms with Crippen LogP contribution in [0.3, 0.4) is 0 Å². The maximum Gasteiger partial charge on any atom is 0.293 e. The van der Waals surface area contributed by atoms with E-state index in [9.17, 15) is 19.7 Å². The monoisotopic (exact) mass is 728 g/mol. The maximum atomic E-state index is 12.6. The van der Waals surface area contributed by atoms with Gasteiger partial charge in [-0.1, -0.05) is 66.7 Å². The van der Waals surface area contributed by atoms with Crippen LogP contribution in [-0.2, 0) is 6.42 Å². The minimum absolute atomic E-state index is 0.0691. The number of benzene rings is 4. The van der Waals surface area contributed by atoms with Crippen molar-refractivity contribution in [3.63, 3.8) is 0 Å². The molecule has 0 unspecified atom stereocenters. The van der Waals surface area contributed by atoms with Gasteiger partial charge < -0.3 is 32.5 Å². The summed E-state index contributed by atoms with van der Waals surface area (Å²) < 4.78 is 0. The van der Waals surface area contributed by atoms with Gasteiger partial charge >= 0.3 is 0 Å². The van der Waals surface area contributed by atoms with Gasteiger partial charge in [-0.05, 0) is 54.8 Å². The first kappa shape index (κ1) is 37.6. The molecule has 0 fully saturated rings. The number of nitro benzene ring substituents is 1. The molecule has 0 aliphatic carbocycles. The average Bonchev–Trinajstić information content (AvgIpc) is 3.82. The van der Waals surface area contributed by atoms with Crippen molar-refractivity contribution in [2.75, 3.05) is 5.32 Å². The number of nitrogens with zero attached hydrogens (tertiary/aromatic N) is 5. The summed E-state index contributed by atoms with van der Waals surface area (Å²) in [7, 11) is 0. The Morgan fingerprint density at radius 2 is 1.48 bits per heavy atom. The van der Waals surface area contributed by atoms with Crippen LogP contribution in [-0.4, -0.2) is 55.1 Å². The molecule has 0 spiro atoms. The second kappa shape index (κ2) is 17.0. The van der Waals surface area contributed by atoms with E-state index < -0.39 is 4.92 Å². The zero-order chi connectivity index (χ0) is 38.8. The van der Waals surface area contributed by atoms with E-state index in [2.05, 4.69) is 35.7 Å². The number of nitrogens with two attached hydrogens (primary N) is 3. The quantitative estimate of drug-likeness (QED) is 0.0311. The van der Waals surface area contributed by atoms with Crippen LogP contribution in [0.25, 0.3) is 21.8 Å². The predicted molar refractivity (Wildman–Crippen MR) is 209 cm³/mol. The van der Waals surface area contributed by atoms with E-state index >= 15 is 0 Å². The van der Waals surface area contributed by atoms with Gasteiger partial charge in [-0.25, -0.2) is 5.48 Å². The molecule has 6 aromatic rings. The predicted octanol–water partition coefficient (Wildman–Crippen LogP) is 4.94. The number of ketones is 1. The Morgan fingerprint density at radius 3 is 2.13 bits per heavy atom. The number of amides is 1. The number of nitrogens with one attached hydrogen (secondary N) is 4. The van der Waals surface area contributed by atoms with Crippen molar-refractivity contribution in [3.8, 4) is 0 Å². The molecule has 17 nitrogen and oxygen atoms in total. The summed E-state index contributed by atoms with van der Waals surface area (Å²) in [5, 5.41) is 39.1. The van der Waals surface area contributed by atoms with Gasteiger partial charge in [-0.3, -0.25) is 24.9 Å². The fourth-order valence-electron chi connectivity index (χ4n) is 5.24. The molecule has 4 aromatic carbocycles. The number of aromatic amines is 2. The fourth-order valence-corrected chi connectivity index (χ4v) is 5.24. The summed E-state index contributed by atoms with van der Waals surface area (Å²) in [5.74, 6) is -0.678. The number of para-hydroxylation sites is 2. The fraction of sp³-hybridized carbons (Fsp3) is 0.0811. The largest absolute Gasteiger partial charge is 0.369 e. The number of Topliss-reactive ketones (excluding diaryl/α,β-unsaturated/α-hetero) is 1. The van der Waals surface area contributed by atoms with E-state index in [1.165, 1.54) is 6.07 Å². The molecule has 1 amide bonds. The molecule has 0 bridgehead atoms. The third-order valence-corrected chi connectivity index (χ3v) is 8.00. The van der Waals surface area contributed by atoms with Gasteiger partial charge in [-0.2, -0.15) is 10.2 Å². The molecule has 0 aliphatic heterocycles. The molecule has 54 heavy (non-hydrogen) atoms. The summed E-state index contributed by atoms with van der Waals surface area (Å²) in [6, 6.07) is 28.4. The van der Waals surface area contributed by atoms with Gasteiger partial charge in [0.05, 0.1) is 27.6 Å². The van der Waals surface area contributed by atoms with Crippen molar-refractivity contribution >= 4 is 68.2 Å². The molecule has 0 aliphatic rings. The van der Waals surface area contributed by atoms with Gasteiger partial charge in [0.2, 0.25) is 11.9 Å². The van der Waals surface area contributed by atoms with E-state index in [0.29, 0.717) is 39.3 Å². The number of carbonyl (C=O) groups is 2. The molecule has 2 aromatic heterocycles. The molecule has 6 rings (SSSR count). The zero-order valence-electron chi connectivity index (χ0n) is 29.1. The number of hydrogen-bond donors (Lipinski definition) is 8. The highest BCUT2D eigenvalue weighted by Gasteiger charge is 2.17. The number of carbonyl (C=O) groups excluding carboxylic acids is 2. The lowest BCUT2D eigenvalue weighted by Crippen LogP contribution is -2.27. The first-order valence-corrected chi connectivity index (χ1v) is 16.2. The molecule has 274 valence electrons. The third-order valence-electron chi connectivity index (χ3n) is 8.00. The van der Waals surface area contributed by atoms with Crippen LogP contribution in [0.15, 0.2) is 124 Å². The van der Waals surface area contributed by atoms with Crippen molar-refractivity contribution < 1.29 is 19.7 Å². The molecular formula is C37H36N12O5. The van der Waals surface area contributed by atoms with E-state index in [-0.39, 0.29) is 35.7 Å². The van der Waals surface area contributed by atoms with Crippen molar-refractivity contribution in [2.24, 2.45) is 37.6 Å². The molecular weight excluding hydrogens is 692 g/mol. The topological polar surface area (TPSA) is 281 Å². The lowest BCUT2D eigenvalue weighted by Gasteiger charge is -2.06. The van der Waals surface area contributed by atoms with Crippen LogP contribution in [0.1, 0.15) is 51.4 Å². The smallest absolute Gasteiger partial charge is 0.293 e. The molecule has 11 N–H and O–H groups in total. The number of fused-ring (bicyclic) bond motifs is 2. The minimum atomic E-state index is -0.482. The molecule has 0 radical (unpaired) electrons. The lowest BCUT2D eigenvalue weighted by atomic mass is 10.0.